The molecule has 1 fully saturated rings. The first-order valence-corrected chi connectivity index (χ1v) is 12.6. The minimum atomic E-state index is -0.442. The van der Waals surface area contributed by atoms with Crippen LogP contribution in [-0.2, 0) is 4.74 Å². The van der Waals surface area contributed by atoms with Crippen molar-refractivity contribution in [3.63, 3.8) is 0 Å². The lowest BCUT2D eigenvalue weighted by Crippen LogP contribution is -2.34. The summed E-state index contributed by atoms with van der Waals surface area (Å²) in [7, 11) is 5.17. The quantitative estimate of drug-likeness (QED) is 0.317. The van der Waals surface area contributed by atoms with Crippen LogP contribution in [0.15, 0.2) is 61.1 Å². The highest BCUT2D eigenvalue weighted by Crippen LogP contribution is 2.36. The number of anilines is 1. The van der Waals surface area contributed by atoms with Crippen LogP contribution in [-0.4, -0.2) is 66.3 Å². The number of ether oxygens (including phenoxy) is 2. The van der Waals surface area contributed by atoms with Gasteiger partial charge < -0.3 is 14.4 Å². The summed E-state index contributed by atoms with van der Waals surface area (Å²) in [5.41, 5.74) is 5.36. The van der Waals surface area contributed by atoms with Gasteiger partial charge in [-0.15, -0.1) is 0 Å². The Morgan fingerprint density at radius 2 is 1.89 bits per heavy atom. The Hall–Kier alpha value is -4.42. The molecule has 0 bridgehead atoms. The van der Waals surface area contributed by atoms with Crippen molar-refractivity contribution in [2.24, 2.45) is 5.92 Å². The largest absolute Gasteiger partial charge is 0.476 e. The van der Waals surface area contributed by atoms with Gasteiger partial charge in [0.2, 0.25) is 5.88 Å². The maximum Gasteiger partial charge on any atom is 0.413 e. The maximum atomic E-state index is 12.0. The number of carbonyl (C=O) groups is 1. The smallest absolute Gasteiger partial charge is 0.413 e. The van der Waals surface area contributed by atoms with Crippen molar-refractivity contribution < 1.29 is 14.3 Å². The maximum absolute atomic E-state index is 12.0. The van der Waals surface area contributed by atoms with Gasteiger partial charge in [-0.1, -0.05) is 36.4 Å². The molecule has 1 aliphatic rings. The Morgan fingerprint density at radius 1 is 1.16 bits per heavy atom. The standard InChI is InChI=1S/C29H30N6O3/c1-30-23-11-7-21(8-12-23)26-27(22-9-13-24(14-10-22)34(3)29(36)37-4)35-19-31-16-25(35)28(32-26)38-18-20-6-5-15-33(2)17-20/h7-14,16,19-20H,5-6,15,17-18H2,2-4H3/t20-/m1/s1. The molecule has 2 aromatic carbocycles. The number of aromatic nitrogens is 3. The number of amides is 1. The number of hydrogen-bond acceptors (Lipinski definition) is 6. The molecule has 38 heavy (non-hydrogen) atoms. The fourth-order valence-electron chi connectivity index (χ4n) is 4.93. The van der Waals surface area contributed by atoms with Crippen molar-refractivity contribution in [3.05, 3.63) is 72.5 Å². The Kier molecular flexibility index (Phi) is 7.24. The summed E-state index contributed by atoms with van der Waals surface area (Å²) >= 11 is 0. The van der Waals surface area contributed by atoms with E-state index < -0.39 is 6.09 Å². The second-order valence-corrected chi connectivity index (χ2v) is 9.58. The molecule has 0 aliphatic carbocycles. The zero-order valence-corrected chi connectivity index (χ0v) is 21.8. The molecule has 0 saturated carbocycles. The first kappa shape index (κ1) is 25.2. The molecule has 0 radical (unpaired) electrons. The van der Waals surface area contributed by atoms with Gasteiger partial charge in [0, 0.05) is 30.8 Å². The van der Waals surface area contributed by atoms with E-state index in [2.05, 4.69) is 21.8 Å². The number of likely N-dealkylation sites (tertiary alicyclic amines) is 1. The molecule has 4 aromatic rings. The minimum absolute atomic E-state index is 0.442. The van der Waals surface area contributed by atoms with Gasteiger partial charge in [-0.25, -0.2) is 19.6 Å². The Morgan fingerprint density at radius 3 is 2.58 bits per heavy atom. The van der Waals surface area contributed by atoms with E-state index in [9.17, 15) is 4.79 Å². The van der Waals surface area contributed by atoms with E-state index in [1.165, 1.54) is 18.4 Å². The lowest BCUT2D eigenvalue weighted by molar-refractivity contribution is 0.148. The predicted octanol–water partition coefficient (Wildman–Crippen LogP) is 5.54. The lowest BCUT2D eigenvalue weighted by Gasteiger charge is -2.29. The second-order valence-electron chi connectivity index (χ2n) is 9.58. The topological polar surface area (TPSA) is 76.6 Å². The van der Waals surface area contributed by atoms with E-state index >= 15 is 0 Å². The number of hydrogen-bond donors (Lipinski definition) is 0. The molecule has 5 rings (SSSR count). The number of fused-ring (bicyclic) bond motifs is 1. The van der Waals surface area contributed by atoms with E-state index in [-0.39, 0.29) is 0 Å². The number of imidazole rings is 1. The van der Waals surface area contributed by atoms with Crippen molar-refractivity contribution >= 4 is 23.0 Å². The molecule has 0 N–H and O–H groups in total. The summed E-state index contributed by atoms with van der Waals surface area (Å²) in [5.74, 6) is 0.977. The first-order chi connectivity index (χ1) is 18.5. The fourth-order valence-corrected chi connectivity index (χ4v) is 4.93. The number of nitrogens with zero attached hydrogens (tertiary/aromatic N) is 6. The molecule has 194 valence electrons. The van der Waals surface area contributed by atoms with Gasteiger partial charge in [-0.2, -0.15) is 0 Å². The summed E-state index contributed by atoms with van der Waals surface area (Å²) in [6.45, 7) is 10.0. The van der Waals surface area contributed by atoms with Crippen LogP contribution in [0.5, 0.6) is 5.88 Å². The molecule has 9 heteroatoms. The predicted molar refractivity (Wildman–Crippen MR) is 147 cm³/mol. The molecule has 0 spiro atoms. The molecular weight excluding hydrogens is 480 g/mol. The minimum Gasteiger partial charge on any atom is -0.476 e. The van der Waals surface area contributed by atoms with Gasteiger partial charge in [-0.3, -0.25) is 9.30 Å². The van der Waals surface area contributed by atoms with E-state index in [1.807, 2.05) is 40.8 Å². The molecule has 9 nitrogen and oxygen atoms in total. The van der Waals surface area contributed by atoms with Crippen molar-refractivity contribution in [1.82, 2.24) is 19.3 Å². The Labute approximate surface area is 222 Å². The van der Waals surface area contributed by atoms with Crippen LogP contribution >= 0.6 is 0 Å². The van der Waals surface area contributed by atoms with Crippen LogP contribution in [0.1, 0.15) is 12.8 Å². The fraction of sp³-hybridized carbons (Fsp3) is 0.310. The van der Waals surface area contributed by atoms with Crippen molar-refractivity contribution in [3.8, 4) is 28.4 Å². The molecule has 1 atom stereocenters. The zero-order valence-electron chi connectivity index (χ0n) is 21.8. The van der Waals surface area contributed by atoms with Crippen molar-refractivity contribution in [2.45, 2.75) is 12.8 Å². The molecule has 2 aromatic heterocycles. The highest BCUT2D eigenvalue weighted by Gasteiger charge is 2.22. The average molecular weight is 511 g/mol. The van der Waals surface area contributed by atoms with Crippen LogP contribution in [0.3, 0.4) is 0 Å². The third-order valence-electron chi connectivity index (χ3n) is 6.96. The molecule has 0 unspecified atom stereocenters. The average Bonchev–Trinajstić information content (AvgIpc) is 3.45. The number of piperidine rings is 1. The highest BCUT2D eigenvalue weighted by atomic mass is 16.5. The van der Waals surface area contributed by atoms with Gasteiger partial charge in [-0.05, 0) is 44.1 Å². The summed E-state index contributed by atoms with van der Waals surface area (Å²) in [6, 6.07) is 15.0. The van der Waals surface area contributed by atoms with Gasteiger partial charge in [0.1, 0.15) is 5.52 Å². The summed E-state index contributed by atoms with van der Waals surface area (Å²) < 4.78 is 13.2. The van der Waals surface area contributed by atoms with Crippen LogP contribution in [0.4, 0.5) is 16.2 Å². The molecule has 3 heterocycles. The van der Waals surface area contributed by atoms with Crippen LogP contribution < -0.4 is 9.64 Å². The normalized spacial score (nSPS) is 15.7. The van der Waals surface area contributed by atoms with Gasteiger partial charge >= 0.3 is 6.09 Å². The molecule has 1 amide bonds. The Bertz CT molecular complexity index is 1470. The van der Waals surface area contributed by atoms with E-state index in [0.717, 1.165) is 47.5 Å². The molecule has 1 aliphatic heterocycles. The van der Waals surface area contributed by atoms with Crippen LogP contribution in [0.2, 0.25) is 0 Å². The Balaban J connectivity index is 1.58. The van der Waals surface area contributed by atoms with Gasteiger partial charge in [0.25, 0.3) is 0 Å². The first-order valence-electron chi connectivity index (χ1n) is 12.6. The van der Waals surface area contributed by atoms with E-state index in [4.69, 9.17) is 21.0 Å². The number of benzene rings is 2. The number of carbonyl (C=O) groups excluding carboxylic acids is 1. The van der Waals surface area contributed by atoms with Gasteiger partial charge in [0.15, 0.2) is 5.69 Å². The second kappa shape index (κ2) is 10.9. The monoisotopic (exact) mass is 510 g/mol. The van der Waals surface area contributed by atoms with Crippen LogP contribution in [0.25, 0.3) is 32.9 Å². The van der Waals surface area contributed by atoms with Crippen molar-refractivity contribution in [1.29, 1.82) is 0 Å². The zero-order chi connectivity index (χ0) is 26.6. The highest BCUT2D eigenvalue weighted by molar-refractivity contribution is 5.88. The number of rotatable bonds is 6. The van der Waals surface area contributed by atoms with Crippen LogP contribution in [0, 0.1) is 12.5 Å². The molecular formula is C29H30N6O3. The SMILES string of the molecule is [C-]#[N+]c1ccc(-c2nc(OC[C@@H]3CCCN(C)C3)c3cncn3c2-c2ccc(N(C)C(=O)OC)cc2)cc1. The molecule has 1 saturated heterocycles. The third-order valence-corrected chi connectivity index (χ3v) is 6.96. The van der Waals surface area contributed by atoms with Gasteiger partial charge in [0.05, 0.1) is 44.2 Å². The van der Waals surface area contributed by atoms with E-state index in [1.54, 1.807) is 31.7 Å². The number of methoxy groups -OCH3 is 1. The summed E-state index contributed by atoms with van der Waals surface area (Å²) in [5, 5.41) is 0. The van der Waals surface area contributed by atoms with E-state index in [0.29, 0.717) is 29.8 Å². The van der Waals surface area contributed by atoms with Crippen molar-refractivity contribution in [2.75, 3.05) is 45.8 Å². The summed E-state index contributed by atoms with van der Waals surface area (Å²) in [4.78, 5) is 28.7. The summed E-state index contributed by atoms with van der Waals surface area (Å²) in [6.07, 6.45) is 5.39. The third kappa shape index (κ3) is 5.04. The lowest BCUT2D eigenvalue weighted by atomic mass is 10.00.